The first-order valence-electron chi connectivity index (χ1n) is 11.8. The van der Waals surface area contributed by atoms with E-state index < -0.39 is 16.9 Å². The Balaban J connectivity index is 0.000000382. The van der Waals surface area contributed by atoms with Crippen LogP contribution in [-0.2, 0) is 25.6 Å². The summed E-state index contributed by atoms with van der Waals surface area (Å²) in [5, 5.41) is 13.8. The number of aryl methyl sites for hydroxylation is 2. The monoisotopic (exact) mass is 549 g/mol. The molecule has 0 fully saturated rings. The van der Waals surface area contributed by atoms with Gasteiger partial charge in [0.05, 0.1) is 17.7 Å². The summed E-state index contributed by atoms with van der Waals surface area (Å²) in [4.78, 5) is 41.4. The predicted octanol–water partition coefficient (Wildman–Crippen LogP) is 3.70. The number of hydrogen-bond donors (Lipinski definition) is 1. The molecule has 1 aromatic heterocycles. The molecule has 0 spiro atoms. The molecule has 0 aliphatic carbocycles. The summed E-state index contributed by atoms with van der Waals surface area (Å²) in [7, 11) is 4.41. The summed E-state index contributed by atoms with van der Waals surface area (Å²) in [6.07, 6.45) is 2.61. The number of ether oxygens (including phenoxy) is 2. The SMILES string of the molecule is CCN(Cc1ccc(Cl)nc1)/C(=C/[N+](=O)[O-])NC.COCC(=O)N(c1c(C)cccc1C)[C@H](C)C(=O)OC. The fourth-order valence-electron chi connectivity index (χ4n) is 3.68. The van der Waals surface area contributed by atoms with Crippen molar-refractivity contribution in [1.29, 1.82) is 0 Å². The predicted molar refractivity (Wildman–Crippen MR) is 146 cm³/mol. The molecule has 1 N–H and O–H groups in total. The molecule has 0 saturated carbocycles. The molecule has 1 aromatic carbocycles. The number of aromatic nitrogens is 1. The van der Waals surface area contributed by atoms with Crippen LogP contribution >= 0.6 is 11.6 Å². The van der Waals surface area contributed by atoms with E-state index in [0.717, 1.165) is 28.6 Å². The topological polar surface area (TPSA) is 127 Å². The number of carbonyl (C=O) groups excluding carboxylic acids is 2. The van der Waals surface area contributed by atoms with Crippen molar-refractivity contribution in [2.24, 2.45) is 0 Å². The van der Waals surface area contributed by atoms with Crippen molar-refractivity contribution in [3.63, 3.8) is 0 Å². The number of para-hydroxylation sites is 1. The molecule has 0 aliphatic heterocycles. The number of pyridine rings is 1. The number of halogens is 1. The highest BCUT2D eigenvalue weighted by molar-refractivity contribution is 6.29. The van der Waals surface area contributed by atoms with Crippen molar-refractivity contribution >= 4 is 29.2 Å². The van der Waals surface area contributed by atoms with Crippen LogP contribution in [0.25, 0.3) is 0 Å². The minimum absolute atomic E-state index is 0.0882. The first-order valence-corrected chi connectivity index (χ1v) is 12.2. The van der Waals surface area contributed by atoms with Crippen molar-refractivity contribution in [3.8, 4) is 0 Å². The Bertz CT molecular complexity index is 1090. The van der Waals surface area contributed by atoms with E-state index in [-0.39, 0.29) is 12.5 Å². The smallest absolute Gasteiger partial charge is 0.328 e. The maximum atomic E-state index is 12.3. The van der Waals surface area contributed by atoms with Crippen LogP contribution in [0.4, 0.5) is 5.69 Å². The molecule has 2 rings (SSSR count). The number of esters is 1. The van der Waals surface area contributed by atoms with Gasteiger partial charge in [-0.1, -0.05) is 35.9 Å². The van der Waals surface area contributed by atoms with Crippen LogP contribution in [0.1, 0.15) is 30.5 Å². The lowest BCUT2D eigenvalue weighted by molar-refractivity contribution is -0.404. The maximum Gasteiger partial charge on any atom is 0.328 e. The molecule has 0 bridgehead atoms. The van der Waals surface area contributed by atoms with E-state index in [4.69, 9.17) is 21.1 Å². The van der Waals surface area contributed by atoms with Gasteiger partial charge >= 0.3 is 5.97 Å². The van der Waals surface area contributed by atoms with E-state index in [2.05, 4.69) is 10.3 Å². The van der Waals surface area contributed by atoms with Crippen molar-refractivity contribution in [2.45, 2.75) is 40.3 Å². The highest BCUT2D eigenvalue weighted by Crippen LogP contribution is 2.27. The van der Waals surface area contributed by atoms with Crippen LogP contribution in [-0.4, -0.2) is 67.1 Å². The quantitative estimate of drug-likeness (QED) is 0.193. The van der Waals surface area contributed by atoms with Gasteiger partial charge in [0.1, 0.15) is 17.8 Å². The molecule has 0 radical (unpaired) electrons. The molecule has 1 amide bonds. The normalized spacial score (nSPS) is 11.5. The number of rotatable bonds is 11. The Labute approximate surface area is 228 Å². The number of nitrogens with zero attached hydrogens (tertiary/aromatic N) is 4. The molecule has 2 aromatic rings. The van der Waals surface area contributed by atoms with Crippen LogP contribution in [0.2, 0.25) is 5.15 Å². The average Bonchev–Trinajstić information content (AvgIpc) is 2.88. The van der Waals surface area contributed by atoms with Gasteiger partial charge in [-0.15, -0.1) is 0 Å². The first kappa shape index (κ1) is 32.3. The Kier molecular flexibility index (Phi) is 13.8. The summed E-state index contributed by atoms with van der Waals surface area (Å²) in [6.45, 7) is 8.46. The van der Waals surface area contributed by atoms with Gasteiger partial charge in [0.15, 0.2) is 5.82 Å². The van der Waals surface area contributed by atoms with Gasteiger partial charge in [0.25, 0.3) is 12.1 Å². The number of carbonyl (C=O) groups is 2. The first-order chi connectivity index (χ1) is 18.0. The van der Waals surface area contributed by atoms with Crippen LogP contribution < -0.4 is 10.2 Å². The average molecular weight is 550 g/mol. The standard InChI is InChI=1S/C15H21NO4.C11H15ClN4O2/c1-10-7-6-8-11(2)14(10)16(13(17)9-19-4)12(3)15(18)20-5;1-3-15(11(13-2)8-16(17)18)7-9-4-5-10(12)14-6-9/h6-8,12H,9H2,1-5H3;4-6,8,13H,3,7H2,1-2H3/b;11-8+/t12-;/m1./s1. The molecule has 208 valence electrons. The summed E-state index contributed by atoms with van der Waals surface area (Å²) in [5.74, 6) is -0.280. The fourth-order valence-corrected chi connectivity index (χ4v) is 3.79. The molecule has 0 saturated heterocycles. The Hall–Kier alpha value is -3.70. The minimum atomic E-state index is -0.706. The molecular formula is C26H36ClN5O6. The molecular weight excluding hydrogens is 514 g/mol. The van der Waals surface area contributed by atoms with Crippen molar-refractivity contribution < 1.29 is 24.0 Å². The lowest BCUT2D eigenvalue weighted by Gasteiger charge is -2.30. The van der Waals surface area contributed by atoms with Crippen molar-refractivity contribution in [2.75, 3.05) is 39.3 Å². The van der Waals surface area contributed by atoms with E-state index in [1.165, 1.54) is 19.1 Å². The van der Waals surface area contributed by atoms with Gasteiger partial charge < -0.3 is 19.7 Å². The second-order valence-corrected chi connectivity index (χ2v) is 8.58. The zero-order chi connectivity index (χ0) is 28.8. The van der Waals surface area contributed by atoms with Crippen molar-refractivity contribution in [3.05, 3.63) is 80.5 Å². The van der Waals surface area contributed by atoms with Gasteiger partial charge in [0, 0.05) is 33.4 Å². The Morgan fingerprint density at radius 2 is 1.84 bits per heavy atom. The molecule has 38 heavy (non-hydrogen) atoms. The molecule has 1 heterocycles. The third kappa shape index (κ3) is 9.64. The number of nitrogens with one attached hydrogen (secondary N) is 1. The second-order valence-electron chi connectivity index (χ2n) is 8.19. The number of methoxy groups -OCH3 is 2. The van der Waals surface area contributed by atoms with E-state index in [0.29, 0.717) is 24.1 Å². The molecule has 12 heteroatoms. The van der Waals surface area contributed by atoms with Gasteiger partial charge in [0.2, 0.25) is 0 Å². The zero-order valence-corrected chi connectivity index (χ0v) is 23.6. The van der Waals surface area contributed by atoms with Gasteiger partial charge in [-0.2, -0.15) is 0 Å². The summed E-state index contributed by atoms with van der Waals surface area (Å²) in [5.41, 5.74) is 3.51. The maximum absolute atomic E-state index is 12.3. The molecule has 0 aliphatic rings. The minimum Gasteiger partial charge on any atom is -0.467 e. The second kappa shape index (κ2) is 16.2. The third-order valence-corrected chi connectivity index (χ3v) is 5.74. The summed E-state index contributed by atoms with van der Waals surface area (Å²) < 4.78 is 9.65. The third-order valence-electron chi connectivity index (χ3n) is 5.51. The number of nitro groups is 1. The van der Waals surface area contributed by atoms with E-state index >= 15 is 0 Å². The van der Waals surface area contributed by atoms with Crippen LogP contribution in [0, 0.1) is 24.0 Å². The summed E-state index contributed by atoms with van der Waals surface area (Å²) >= 11 is 5.70. The van der Waals surface area contributed by atoms with E-state index in [1.807, 2.05) is 49.9 Å². The largest absolute Gasteiger partial charge is 0.467 e. The highest BCUT2D eigenvalue weighted by atomic mass is 35.5. The zero-order valence-electron chi connectivity index (χ0n) is 22.9. The number of benzene rings is 1. The van der Waals surface area contributed by atoms with Crippen LogP contribution in [0.3, 0.4) is 0 Å². The van der Waals surface area contributed by atoms with Crippen molar-refractivity contribution in [1.82, 2.24) is 15.2 Å². The van der Waals surface area contributed by atoms with Gasteiger partial charge in [-0.25, -0.2) is 9.78 Å². The lowest BCUT2D eigenvalue weighted by atomic mass is 10.1. The van der Waals surface area contributed by atoms with Gasteiger partial charge in [-0.3, -0.25) is 19.8 Å². The van der Waals surface area contributed by atoms with Crippen LogP contribution in [0.5, 0.6) is 0 Å². The molecule has 1 atom stereocenters. The lowest BCUT2D eigenvalue weighted by Crippen LogP contribution is -2.46. The van der Waals surface area contributed by atoms with Crippen LogP contribution in [0.15, 0.2) is 48.5 Å². The Morgan fingerprint density at radius 3 is 2.29 bits per heavy atom. The Morgan fingerprint density at radius 1 is 1.21 bits per heavy atom. The number of hydrogen-bond acceptors (Lipinski definition) is 9. The van der Waals surface area contributed by atoms with Gasteiger partial charge in [-0.05, 0) is 50.5 Å². The number of anilines is 1. The van der Waals surface area contributed by atoms with E-state index in [1.54, 1.807) is 26.2 Å². The highest BCUT2D eigenvalue weighted by Gasteiger charge is 2.29. The number of amides is 1. The molecule has 11 nitrogen and oxygen atoms in total. The fraction of sp³-hybridized carbons (Fsp3) is 0.423. The molecule has 0 unspecified atom stereocenters. The van der Waals surface area contributed by atoms with E-state index in [9.17, 15) is 19.7 Å². The summed E-state index contributed by atoms with van der Waals surface area (Å²) in [6, 6.07) is 8.55.